The normalized spacial score (nSPS) is 13.7. The van der Waals surface area contributed by atoms with Crippen molar-refractivity contribution < 1.29 is 0 Å². The number of hydrogen-bond acceptors (Lipinski definition) is 3. The molecule has 20 heavy (non-hydrogen) atoms. The Morgan fingerprint density at radius 3 is 3.00 bits per heavy atom. The van der Waals surface area contributed by atoms with Gasteiger partial charge in [0, 0.05) is 17.3 Å². The molecule has 0 radical (unpaired) electrons. The van der Waals surface area contributed by atoms with Crippen molar-refractivity contribution in [3.05, 3.63) is 45.9 Å². The molecule has 3 N–H and O–H groups in total. The maximum atomic E-state index is 5.88. The van der Waals surface area contributed by atoms with Gasteiger partial charge in [-0.25, -0.2) is 9.98 Å². The number of aryl methyl sites for hydroxylation is 2. The number of thiazole rings is 1. The van der Waals surface area contributed by atoms with Crippen LogP contribution in [0.3, 0.4) is 0 Å². The molecule has 0 saturated carbocycles. The number of nitrogens with two attached hydrogens (primary N) is 1. The molecule has 0 spiro atoms. The van der Waals surface area contributed by atoms with Gasteiger partial charge in [-0.2, -0.15) is 0 Å². The van der Waals surface area contributed by atoms with Gasteiger partial charge in [0.15, 0.2) is 5.96 Å². The van der Waals surface area contributed by atoms with E-state index < -0.39 is 0 Å². The van der Waals surface area contributed by atoms with E-state index in [9.17, 15) is 0 Å². The van der Waals surface area contributed by atoms with Crippen molar-refractivity contribution in [3.63, 3.8) is 0 Å². The van der Waals surface area contributed by atoms with Crippen molar-refractivity contribution in [1.29, 1.82) is 0 Å². The number of nitrogens with one attached hydrogen (secondary N) is 1. The Bertz CT molecular complexity index is 595. The Morgan fingerprint density at radius 2 is 2.20 bits per heavy atom. The van der Waals surface area contributed by atoms with E-state index in [1.165, 1.54) is 30.4 Å². The molecule has 2 aromatic rings. The molecule has 6 heteroatoms. The number of anilines is 1. The highest BCUT2D eigenvalue weighted by Crippen LogP contribution is 2.24. The number of guanidine groups is 1. The maximum absolute atomic E-state index is 5.88. The van der Waals surface area contributed by atoms with Crippen LogP contribution in [0.2, 0.25) is 0 Å². The van der Waals surface area contributed by atoms with Crippen molar-refractivity contribution in [3.8, 4) is 0 Å². The number of halogens is 1. The van der Waals surface area contributed by atoms with Crippen LogP contribution >= 0.6 is 35.3 Å². The van der Waals surface area contributed by atoms with E-state index in [0.29, 0.717) is 12.5 Å². The zero-order chi connectivity index (χ0) is 13.1. The standard InChI is InChI=1S/C14H16N4S.HI/c15-14(17-9-13-16-6-7-19-13)18-12-5-4-10-2-1-3-11(10)8-12;/h4-8H,1-3,9H2,(H3,15,17,18);1H. The highest BCUT2D eigenvalue weighted by Gasteiger charge is 2.10. The molecule has 106 valence electrons. The van der Waals surface area contributed by atoms with Crippen LogP contribution < -0.4 is 11.1 Å². The molecule has 0 unspecified atom stereocenters. The first kappa shape index (κ1) is 15.2. The van der Waals surface area contributed by atoms with Gasteiger partial charge in [0.1, 0.15) is 5.01 Å². The predicted molar refractivity (Wildman–Crippen MR) is 94.9 cm³/mol. The Hall–Kier alpha value is -1.15. The number of aromatic nitrogens is 1. The van der Waals surface area contributed by atoms with Gasteiger partial charge in [-0.3, -0.25) is 0 Å². The summed E-state index contributed by atoms with van der Waals surface area (Å²) in [5.74, 6) is 0.438. The summed E-state index contributed by atoms with van der Waals surface area (Å²) in [5, 5.41) is 6.05. The van der Waals surface area contributed by atoms with E-state index in [-0.39, 0.29) is 24.0 Å². The van der Waals surface area contributed by atoms with Crippen molar-refractivity contribution in [2.24, 2.45) is 10.7 Å². The van der Waals surface area contributed by atoms with E-state index >= 15 is 0 Å². The summed E-state index contributed by atoms with van der Waals surface area (Å²) in [7, 11) is 0. The molecular formula is C14H17IN4S. The fourth-order valence-electron chi connectivity index (χ4n) is 2.32. The molecule has 1 aromatic heterocycles. The predicted octanol–water partition coefficient (Wildman–Crippen LogP) is 3.18. The van der Waals surface area contributed by atoms with Crippen LogP contribution in [-0.4, -0.2) is 10.9 Å². The largest absolute Gasteiger partial charge is 0.370 e. The third-order valence-corrected chi connectivity index (χ3v) is 4.00. The van der Waals surface area contributed by atoms with Crippen molar-refractivity contribution in [2.45, 2.75) is 25.8 Å². The lowest BCUT2D eigenvalue weighted by Gasteiger charge is -2.07. The molecule has 4 nitrogen and oxygen atoms in total. The van der Waals surface area contributed by atoms with Crippen LogP contribution in [0.5, 0.6) is 0 Å². The molecule has 0 fully saturated rings. The first-order valence-corrected chi connectivity index (χ1v) is 7.26. The second-order valence-electron chi connectivity index (χ2n) is 4.59. The quantitative estimate of drug-likeness (QED) is 0.473. The fourth-order valence-corrected chi connectivity index (χ4v) is 2.86. The second-order valence-corrected chi connectivity index (χ2v) is 5.57. The molecule has 1 aromatic carbocycles. The molecule has 0 bridgehead atoms. The summed E-state index contributed by atoms with van der Waals surface area (Å²) >= 11 is 1.59. The summed E-state index contributed by atoms with van der Waals surface area (Å²) < 4.78 is 0. The lowest BCUT2D eigenvalue weighted by Crippen LogP contribution is -2.22. The maximum Gasteiger partial charge on any atom is 0.193 e. The summed E-state index contributed by atoms with van der Waals surface area (Å²) in [6.07, 6.45) is 5.40. The molecule has 0 atom stereocenters. The van der Waals surface area contributed by atoms with Crippen molar-refractivity contribution in [1.82, 2.24) is 4.98 Å². The minimum Gasteiger partial charge on any atom is -0.370 e. The van der Waals surface area contributed by atoms with Crippen LogP contribution in [0.15, 0.2) is 34.8 Å². The van der Waals surface area contributed by atoms with E-state index in [0.717, 1.165) is 10.7 Å². The zero-order valence-electron chi connectivity index (χ0n) is 11.0. The monoisotopic (exact) mass is 400 g/mol. The highest BCUT2D eigenvalue weighted by atomic mass is 127. The van der Waals surface area contributed by atoms with Crippen molar-refractivity contribution in [2.75, 3.05) is 5.32 Å². The van der Waals surface area contributed by atoms with Crippen LogP contribution in [0, 0.1) is 0 Å². The number of fused-ring (bicyclic) bond motifs is 1. The average molecular weight is 400 g/mol. The SMILES string of the molecule is I.NC(=NCc1nccs1)Nc1ccc2c(c1)CCC2. The number of aliphatic imine (C=N–C) groups is 1. The van der Waals surface area contributed by atoms with Gasteiger partial charge in [0.05, 0.1) is 6.54 Å². The van der Waals surface area contributed by atoms with E-state index in [1.807, 2.05) is 5.38 Å². The second kappa shape index (κ2) is 7.03. The van der Waals surface area contributed by atoms with E-state index in [4.69, 9.17) is 5.73 Å². The molecular weight excluding hydrogens is 383 g/mol. The van der Waals surface area contributed by atoms with Gasteiger partial charge in [-0.1, -0.05) is 6.07 Å². The first-order valence-electron chi connectivity index (χ1n) is 6.38. The van der Waals surface area contributed by atoms with Gasteiger partial charge >= 0.3 is 0 Å². The Balaban J connectivity index is 0.00000147. The average Bonchev–Trinajstić information content (AvgIpc) is 3.07. The lowest BCUT2D eigenvalue weighted by molar-refractivity contribution is 0.912. The Kier molecular flexibility index (Phi) is 5.36. The Labute approximate surface area is 139 Å². The van der Waals surface area contributed by atoms with Crippen LogP contribution in [0.4, 0.5) is 5.69 Å². The van der Waals surface area contributed by atoms with Crippen LogP contribution in [0.1, 0.15) is 22.6 Å². The smallest absolute Gasteiger partial charge is 0.193 e. The minimum absolute atomic E-state index is 0. The molecule has 3 rings (SSSR count). The molecule has 0 aliphatic heterocycles. The molecule has 0 amide bonds. The van der Waals surface area contributed by atoms with Gasteiger partial charge in [-0.05, 0) is 42.5 Å². The van der Waals surface area contributed by atoms with Crippen LogP contribution in [0.25, 0.3) is 0 Å². The van der Waals surface area contributed by atoms with Gasteiger partial charge in [-0.15, -0.1) is 35.3 Å². The van der Waals surface area contributed by atoms with E-state index in [1.54, 1.807) is 17.5 Å². The summed E-state index contributed by atoms with van der Waals surface area (Å²) in [5.41, 5.74) is 9.79. The first-order chi connectivity index (χ1) is 9.31. The summed E-state index contributed by atoms with van der Waals surface area (Å²) in [4.78, 5) is 8.46. The lowest BCUT2D eigenvalue weighted by atomic mass is 10.1. The molecule has 1 aliphatic carbocycles. The zero-order valence-corrected chi connectivity index (χ0v) is 14.2. The number of rotatable bonds is 3. The summed E-state index contributed by atoms with van der Waals surface area (Å²) in [6, 6.07) is 6.42. The van der Waals surface area contributed by atoms with Gasteiger partial charge in [0.2, 0.25) is 0 Å². The molecule has 1 heterocycles. The number of hydrogen-bond donors (Lipinski definition) is 2. The van der Waals surface area contributed by atoms with E-state index in [2.05, 4.69) is 33.5 Å². The minimum atomic E-state index is 0. The van der Waals surface area contributed by atoms with Crippen LogP contribution in [-0.2, 0) is 19.4 Å². The topological polar surface area (TPSA) is 63.3 Å². The third kappa shape index (κ3) is 3.69. The van der Waals surface area contributed by atoms with Gasteiger partial charge < -0.3 is 11.1 Å². The number of nitrogens with zero attached hydrogens (tertiary/aromatic N) is 2. The highest BCUT2D eigenvalue weighted by molar-refractivity contribution is 14.0. The fraction of sp³-hybridized carbons (Fsp3) is 0.286. The Morgan fingerprint density at radius 1 is 1.35 bits per heavy atom. The summed E-state index contributed by atoms with van der Waals surface area (Å²) in [6.45, 7) is 0.529. The van der Waals surface area contributed by atoms with Gasteiger partial charge in [0.25, 0.3) is 0 Å². The molecule has 1 aliphatic rings. The van der Waals surface area contributed by atoms with Crippen molar-refractivity contribution >= 4 is 47.0 Å². The third-order valence-electron chi connectivity index (χ3n) is 3.24. The number of benzene rings is 1. The molecule has 0 saturated heterocycles.